The second-order valence-electron chi connectivity index (χ2n) is 7.24. The van der Waals surface area contributed by atoms with Crippen molar-refractivity contribution in [3.8, 4) is 0 Å². The normalized spacial score (nSPS) is 16.5. The summed E-state index contributed by atoms with van der Waals surface area (Å²) < 4.78 is 1.52. The fourth-order valence-corrected chi connectivity index (χ4v) is 5.60. The van der Waals surface area contributed by atoms with Gasteiger partial charge < -0.3 is 5.32 Å². The van der Waals surface area contributed by atoms with Crippen LogP contribution in [0.3, 0.4) is 0 Å². The lowest BCUT2D eigenvalue weighted by Gasteiger charge is -2.15. The molecule has 8 heteroatoms. The number of carbonyl (C=O) groups excluding carboxylic acids is 1. The van der Waals surface area contributed by atoms with Crippen LogP contribution in [-0.4, -0.2) is 20.4 Å². The van der Waals surface area contributed by atoms with Gasteiger partial charge in [-0.2, -0.15) is 0 Å². The molecule has 0 spiro atoms. The molecule has 0 bridgehead atoms. The standard InChI is InChI=1S/C19H22N4O2S2/c1-10-4-5-13-14(8-10)27-19(21-13)22-15(24)6-7-23-9-20-17-16(18(23)25)11(2)12(3)26-17/h9-10H,4-8H2,1-3H3,(H,21,22,24). The number of thiazole rings is 1. The summed E-state index contributed by atoms with van der Waals surface area (Å²) >= 11 is 3.11. The van der Waals surface area contributed by atoms with Crippen molar-refractivity contribution in [1.29, 1.82) is 0 Å². The van der Waals surface area contributed by atoms with E-state index in [-0.39, 0.29) is 17.9 Å². The lowest BCUT2D eigenvalue weighted by Crippen LogP contribution is -2.23. The van der Waals surface area contributed by atoms with Crippen LogP contribution in [0.1, 0.15) is 40.8 Å². The molecule has 1 aliphatic rings. The van der Waals surface area contributed by atoms with E-state index in [0.717, 1.165) is 40.2 Å². The second kappa shape index (κ2) is 7.16. The molecule has 1 atom stereocenters. The molecule has 3 aromatic heterocycles. The molecule has 0 saturated heterocycles. The highest BCUT2D eigenvalue weighted by molar-refractivity contribution is 7.18. The topological polar surface area (TPSA) is 76.9 Å². The highest BCUT2D eigenvalue weighted by atomic mass is 32.1. The number of nitrogens with one attached hydrogen (secondary N) is 1. The maximum absolute atomic E-state index is 12.7. The summed E-state index contributed by atoms with van der Waals surface area (Å²) in [5.74, 6) is 0.555. The van der Waals surface area contributed by atoms with Gasteiger partial charge in [-0.1, -0.05) is 6.92 Å². The molecule has 0 radical (unpaired) electrons. The Morgan fingerprint density at radius 2 is 2.19 bits per heavy atom. The number of nitrogens with zero attached hydrogens (tertiary/aromatic N) is 3. The molecule has 142 valence electrons. The van der Waals surface area contributed by atoms with Gasteiger partial charge in [-0.3, -0.25) is 14.2 Å². The van der Waals surface area contributed by atoms with Crippen molar-refractivity contribution in [3.05, 3.63) is 37.7 Å². The minimum Gasteiger partial charge on any atom is -0.302 e. The number of rotatable bonds is 4. The second-order valence-corrected chi connectivity index (χ2v) is 9.53. The van der Waals surface area contributed by atoms with Crippen LogP contribution < -0.4 is 10.9 Å². The monoisotopic (exact) mass is 402 g/mol. The molecule has 0 saturated carbocycles. The van der Waals surface area contributed by atoms with Crippen LogP contribution in [0.5, 0.6) is 0 Å². The minimum absolute atomic E-state index is 0.0756. The van der Waals surface area contributed by atoms with E-state index in [1.807, 2.05) is 13.8 Å². The Labute approximate surface area is 165 Å². The molecule has 4 rings (SSSR count). The molecule has 27 heavy (non-hydrogen) atoms. The van der Waals surface area contributed by atoms with Crippen LogP contribution in [0.2, 0.25) is 0 Å². The Hall–Kier alpha value is -2.06. The molecule has 1 N–H and O–H groups in total. The zero-order valence-electron chi connectivity index (χ0n) is 15.7. The van der Waals surface area contributed by atoms with Gasteiger partial charge in [-0.05, 0) is 44.6 Å². The van der Waals surface area contributed by atoms with E-state index in [1.165, 1.54) is 27.1 Å². The zero-order valence-corrected chi connectivity index (χ0v) is 17.3. The number of amides is 1. The van der Waals surface area contributed by atoms with E-state index in [0.29, 0.717) is 23.0 Å². The predicted molar refractivity (Wildman–Crippen MR) is 110 cm³/mol. The average molecular weight is 403 g/mol. The van der Waals surface area contributed by atoms with Crippen LogP contribution in [0.25, 0.3) is 10.2 Å². The number of aromatic nitrogens is 3. The van der Waals surface area contributed by atoms with Gasteiger partial charge in [0.15, 0.2) is 5.13 Å². The Morgan fingerprint density at radius 3 is 3.00 bits per heavy atom. The lowest BCUT2D eigenvalue weighted by molar-refractivity contribution is -0.116. The third-order valence-electron chi connectivity index (χ3n) is 5.17. The summed E-state index contributed by atoms with van der Waals surface area (Å²) in [5.41, 5.74) is 2.03. The quantitative estimate of drug-likeness (QED) is 0.722. The molecular formula is C19H22N4O2S2. The van der Waals surface area contributed by atoms with Gasteiger partial charge in [0.2, 0.25) is 5.91 Å². The van der Waals surface area contributed by atoms with E-state index in [1.54, 1.807) is 11.3 Å². The first-order valence-electron chi connectivity index (χ1n) is 9.16. The van der Waals surface area contributed by atoms with E-state index in [9.17, 15) is 9.59 Å². The Balaban J connectivity index is 1.44. The largest absolute Gasteiger partial charge is 0.302 e. The molecule has 0 aliphatic heterocycles. The van der Waals surface area contributed by atoms with Crippen molar-refractivity contribution >= 4 is 43.9 Å². The number of thiophene rings is 1. The molecule has 6 nitrogen and oxygen atoms in total. The van der Waals surface area contributed by atoms with Gasteiger partial charge >= 0.3 is 0 Å². The lowest BCUT2D eigenvalue weighted by atomic mass is 9.93. The average Bonchev–Trinajstić information content (AvgIpc) is 3.14. The third-order valence-corrected chi connectivity index (χ3v) is 7.32. The predicted octanol–water partition coefficient (Wildman–Crippen LogP) is 3.68. The van der Waals surface area contributed by atoms with Crippen molar-refractivity contribution in [2.24, 2.45) is 5.92 Å². The van der Waals surface area contributed by atoms with Gasteiger partial charge in [0.05, 0.1) is 17.4 Å². The summed E-state index contributed by atoms with van der Waals surface area (Å²) in [6, 6.07) is 0. The molecular weight excluding hydrogens is 380 g/mol. The molecule has 1 aliphatic carbocycles. The Bertz CT molecular complexity index is 1080. The van der Waals surface area contributed by atoms with Gasteiger partial charge in [0.25, 0.3) is 5.56 Å². The molecule has 1 unspecified atom stereocenters. The fourth-order valence-electron chi connectivity index (χ4n) is 3.43. The SMILES string of the molecule is Cc1sc2ncn(CCC(=O)Nc3nc4c(s3)CC(C)CC4)c(=O)c2c1C. The molecule has 3 aromatic rings. The van der Waals surface area contributed by atoms with Gasteiger partial charge in [-0.15, -0.1) is 22.7 Å². The van der Waals surface area contributed by atoms with Gasteiger partial charge in [0, 0.05) is 22.7 Å². The van der Waals surface area contributed by atoms with Crippen LogP contribution >= 0.6 is 22.7 Å². The van der Waals surface area contributed by atoms with Crippen molar-refractivity contribution in [1.82, 2.24) is 14.5 Å². The first kappa shape index (κ1) is 18.3. The van der Waals surface area contributed by atoms with Crippen LogP contribution in [0, 0.1) is 19.8 Å². The molecule has 3 heterocycles. The molecule has 0 aromatic carbocycles. The summed E-state index contributed by atoms with van der Waals surface area (Å²) in [6.45, 7) is 6.50. The van der Waals surface area contributed by atoms with Crippen molar-refractivity contribution < 1.29 is 4.79 Å². The number of aryl methyl sites for hydroxylation is 4. The van der Waals surface area contributed by atoms with Crippen LogP contribution in [0.4, 0.5) is 5.13 Å². The van der Waals surface area contributed by atoms with Crippen molar-refractivity contribution in [2.45, 2.75) is 53.0 Å². The minimum atomic E-state index is -0.126. The number of anilines is 1. The molecule has 0 fully saturated rings. The number of hydrogen-bond acceptors (Lipinski definition) is 6. The first-order chi connectivity index (χ1) is 12.9. The first-order valence-corrected chi connectivity index (χ1v) is 10.8. The Kier molecular flexibility index (Phi) is 4.86. The number of hydrogen-bond donors (Lipinski definition) is 1. The molecule has 1 amide bonds. The van der Waals surface area contributed by atoms with Crippen molar-refractivity contribution in [2.75, 3.05) is 5.32 Å². The third kappa shape index (κ3) is 3.55. The van der Waals surface area contributed by atoms with Gasteiger partial charge in [0.1, 0.15) is 4.83 Å². The summed E-state index contributed by atoms with van der Waals surface area (Å²) in [4.78, 5) is 37.1. The fraction of sp³-hybridized carbons (Fsp3) is 0.474. The highest BCUT2D eigenvalue weighted by Gasteiger charge is 2.20. The summed E-state index contributed by atoms with van der Waals surface area (Å²) in [6.07, 6.45) is 4.95. The Morgan fingerprint density at radius 1 is 1.37 bits per heavy atom. The van der Waals surface area contributed by atoms with E-state index in [4.69, 9.17) is 0 Å². The summed E-state index contributed by atoms with van der Waals surface area (Å²) in [5, 5.41) is 4.23. The van der Waals surface area contributed by atoms with Crippen LogP contribution in [-0.2, 0) is 24.2 Å². The number of carbonyl (C=O) groups is 1. The summed E-state index contributed by atoms with van der Waals surface area (Å²) in [7, 11) is 0. The van der Waals surface area contributed by atoms with Crippen LogP contribution in [0.15, 0.2) is 11.1 Å². The van der Waals surface area contributed by atoms with E-state index in [2.05, 4.69) is 22.2 Å². The maximum atomic E-state index is 12.7. The smallest absolute Gasteiger partial charge is 0.262 e. The number of fused-ring (bicyclic) bond motifs is 2. The van der Waals surface area contributed by atoms with E-state index < -0.39 is 0 Å². The van der Waals surface area contributed by atoms with Gasteiger partial charge in [-0.25, -0.2) is 9.97 Å². The highest BCUT2D eigenvalue weighted by Crippen LogP contribution is 2.32. The van der Waals surface area contributed by atoms with Crippen molar-refractivity contribution in [3.63, 3.8) is 0 Å². The maximum Gasteiger partial charge on any atom is 0.262 e. The zero-order chi connectivity index (χ0) is 19.1. The van der Waals surface area contributed by atoms with E-state index >= 15 is 0 Å².